The first-order valence-electron chi connectivity index (χ1n) is 7.85. The Kier molecular flexibility index (Phi) is 4.88. The number of rotatable bonds is 5. The molecule has 3 rings (SSSR count). The molecule has 2 aromatic carbocycles. The second-order valence-corrected chi connectivity index (χ2v) is 7.39. The number of carbonyl (C=O) groups is 1. The van der Waals surface area contributed by atoms with Crippen molar-refractivity contribution >= 4 is 15.9 Å². The fourth-order valence-corrected chi connectivity index (χ4v) is 3.07. The molecule has 8 heteroatoms. The Morgan fingerprint density at radius 3 is 2.69 bits per heavy atom. The Morgan fingerprint density at radius 2 is 2.00 bits per heavy atom. The molecule has 0 atom stereocenters. The van der Waals surface area contributed by atoms with Gasteiger partial charge in [0.1, 0.15) is 0 Å². The van der Waals surface area contributed by atoms with Gasteiger partial charge in [-0.15, -0.1) is 0 Å². The lowest BCUT2D eigenvalue weighted by molar-refractivity contribution is 0.0950. The SMILES string of the molecule is Cc1ccc(S(N)(=O)=O)cc1C(=O)NCc1cccc(-n2cccn2)c1. The highest BCUT2D eigenvalue weighted by atomic mass is 32.2. The van der Waals surface area contributed by atoms with Crippen LogP contribution in [-0.4, -0.2) is 24.1 Å². The van der Waals surface area contributed by atoms with Crippen LogP contribution in [0.2, 0.25) is 0 Å². The molecule has 1 heterocycles. The third-order valence-corrected chi connectivity index (χ3v) is 4.83. The maximum Gasteiger partial charge on any atom is 0.251 e. The molecule has 0 radical (unpaired) electrons. The summed E-state index contributed by atoms with van der Waals surface area (Å²) in [6.45, 7) is 2.03. The minimum atomic E-state index is -3.86. The largest absolute Gasteiger partial charge is 0.348 e. The zero-order valence-electron chi connectivity index (χ0n) is 14.1. The van der Waals surface area contributed by atoms with Crippen LogP contribution in [0.25, 0.3) is 5.69 Å². The molecule has 0 spiro atoms. The van der Waals surface area contributed by atoms with Crippen LogP contribution >= 0.6 is 0 Å². The normalized spacial score (nSPS) is 11.3. The summed E-state index contributed by atoms with van der Waals surface area (Å²) in [6, 6.07) is 13.7. The van der Waals surface area contributed by atoms with Crippen LogP contribution in [-0.2, 0) is 16.6 Å². The fourth-order valence-electron chi connectivity index (χ4n) is 2.53. The molecular weight excluding hydrogens is 352 g/mol. The van der Waals surface area contributed by atoms with Crippen molar-refractivity contribution in [2.75, 3.05) is 0 Å². The number of aryl methyl sites for hydroxylation is 1. The van der Waals surface area contributed by atoms with E-state index in [0.29, 0.717) is 12.1 Å². The second kappa shape index (κ2) is 7.11. The van der Waals surface area contributed by atoms with Gasteiger partial charge < -0.3 is 5.32 Å². The number of amides is 1. The van der Waals surface area contributed by atoms with Crippen LogP contribution in [0.3, 0.4) is 0 Å². The van der Waals surface area contributed by atoms with Crippen LogP contribution in [0.1, 0.15) is 21.5 Å². The van der Waals surface area contributed by atoms with Gasteiger partial charge >= 0.3 is 0 Å². The van der Waals surface area contributed by atoms with Gasteiger partial charge in [0.25, 0.3) is 5.91 Å². The van der Waals surface area contributed by atoms with Crippen molar-refractivity contribution in [2.24, 2.45) is 5.14 Å². The molecule has 0 bridgehead atoms. The number of aromatic nitrogens is 2. The van der Waals surface area contributed by atoms with E-state index in [1.807, 2.05) is 36.5 Å². The van der Waals surface area contributed by atoms with Gasteiger partial charge in [-0.25, -0.2) is 18.2 Å². The standard InChI is InChI=1S/C18H18N4O3S/c1-13-6-7-16(26(19,24)25)11-17(13)18(23)20-12-14-4-2-5-15(10-14)22-9-3-8-21-22/h2-11H,12H2,1H3,(H,20,23)(H2,19,24,25). The van der Waals surface area contributed by atoms with Gasteiger partial charge in [0.15, 0.2) is 0 Å². The highest BCUT2D eigenvalue weighted by Gasteiger charge is 2.14. The van der Waals surface area contributed by atoms with E-state index in [4.69, 9.17) is 5.14 Å². The topological polar surface area (TPSA) is 107 Å². The lowest BCUT2D eigenvalue weighted by atomic mass is 10.1. The number of nitrogens with zero attached hydrogens (tertiary/aromatic N) is 2. The van der Waals surface area contributed by atoms with E-state index in [1.165, 1.54) is 12.1 Å². The van der Waals surface area contributed by atoms with Gasteiger partial charge in [-0.2, -0.15) is 5.10 Å². The van der Waals surface area contributed by atoms with Crippen LogP contribution in [0.5, 0.6) is 0 Å². The molecule has 3 aromatic rings. The zero-order chi connectivity index (χ0) is 18.7. The minimum absolute atomic E-state index is 0.0890. The van der Waals surface area contributed by atoms with Crippen molar-refractivity contribution in [1.82, 2.24) is 15.1 Å². The highest BCUT2D eigenvalue weighted by Crippen LogP contribution is 2.15. The van der Waals surface area contributed by atoms with Crippen molar-refractivity contribution < 1.29 is 13.2 Å². The lowest BCUT2D eigenvalue weighted by Crippen LogP contribution is -2.24. The number of hydrogen-bond donors (Lipinski definition) is 2. The first kappa shape index (κ1) is 17.8. The van der Waals surface area contributed by atoms with Gasteiger partial charge in [0, 0.05) is 24.5 Å². The summed E-state index contributed by atoms with van der Waals surface area (Å²) in [5.74, 6) is -0.363. The number of carbonyl (C=O) groups excluding carboxylic acids is 1. The van der Waals surface area contributed by atoms with Crippen molar-refractivity contribution in [3.05, 3.63) is 77.6 Å². The molecule has 0 saturated carbocycles. The highest BCUT2D eigenvalue weighted by molar-refractivity contribution is 7.89. The smallest absolute Gasteiger partial charge is 0.251 e. The number of sulfonamides is 1. The maximum atomic E-state index is 12.5. The molecule has 0 saturated heterocycles. The average molecular weight is 370 g/mol. The van der Waals surface area contributed by atoms with Crippen LogP contribution < -0.4 is 10.5 Å². The maximum absolute atomic E-state index is 12.5. The number of hydrogen-bond acceptors (Lipinski definition) is 4. The Bertz CT molecular complexity index is 1040. The van der Waals surface area contributed by atoms with Gasteiger partial charge in [0.2, 0.25) is 10.0 Å². The van der Waals surface area contributed by atoms with E-state index >= 15 is 0 Å². The first-order chi connectivity index (χ1) is 12.3. The Balaban J connectivity index is 1.77. The Morgan fingerprint density at radius 1 is 1.19 bits per heavy atom. The van der Waals surface area contributed by atoms with E-state index in [0.717, 1.165) is 11.3 Å². The summed E-state index contributed by atoms with van der Waals surface area (Å²) in [6.07, 6.45) is 3.52. The number of nitrogens with two attached hydrogens (primary N) is 1. The summed E-state index contributed by atoms with van der Waals surface area (Å²) in [5, 5.41) is 12.1. The molecule has 1 aromatic heterocycles. The third kappa shape index (κ3) is 3.98. The van der Waals surface area contributed by atoms with Crippen molar-refractivity contribution in [1.29, 1.82) is 0 Å². The van der Waals surface area contributed by atoms with Crippen LogP contribution in [0, 0.1) is 6.92 Å². The second-order valence-electron chi connectivity index (χ2n) is 5.82. The summed E-state index contributed by atoms with van der Waals surface area (Å²) in [5.41, 5.74) is 2.72. The van der Waals surface area contributed by atoms with E-state index in [1.54, 1.807) is 23.9 Å². The van der Waals surface area contributed by atoms with Gasteiger partial charge in [-0.3, -0.25) is 4.79 Å². The van der Waals surface area contributed by atoms with Gasteiger partial charge in [0.05, 0.1) is 10.6 Å². The molecule has 7 nitrogen and oxygen atoms in total. The van der Waals surface area contributed by atoms with E-state index in [9.17, 15) is 13.2 Å². The van der Waals surface area contributed by atoms with Crippen LogP contribution in [0.15, 0.2) is 65.8 Å². The third-order valence-electron chi connectivity index (χ3n) is 3.91. The monoisotopic (exact) mass is 370 g/mol. The summed E-state index contributed by atoms with van der Waals surface area (Å²) >= 11 is 0. The number of benzene rings is 2. The predicted molar refractivity (Wildman–Crippen MR) is 97.3 cm³/mol. The van der Waals surface area contributed by atoms with Crippen LogP contribution in [0.4, 0.5) is 0 Å². The minimum Gasteiger partial charge on any atom is -0.348 e. The molecule has 0 aliphatic heterocycles. The van der Waals surface area contributed by atoms with Crippen molar-refractivity contribution in [3.63, 3.8) is 0 Å². The first-order valence-corrected chi connectivity index (χ1v) is 9.40. The molecule has 3 N–H and O–H groups in total. The predicted octanol–water partition coefficient (Wildman–Crippen LogP) is 1.76. The van der Waals surface area contributed by atoms with Gasteiger partial charge in [-0.05, 0) is 48.4 Å². The fraction of sp³-hybridized carbons (Fsp3) is 0.111. The molecule has 1 amide bonds. The molecule has 0 aliphatic rings. The average Bonchev–Trinajstić information content (AvgIpc) is 3.14. The zero-order valence-corrected chi connectivity index (χ0v) is 14.9. The van der Waals surface area contributed by atoms with Gasteiger partial charge in [-0.1, -0.05) is 18.2 Å². The molecular formula is C18H18N4O3S. The van der Waals surface area contributed by atoms with E-state index < -0.39 is 10.0 Å². The van der Waals surface area contributed by atoms with Crippen molar-refractivity contribution in [3.8, 4) is 5.69 Å². The summed E-state index contributed by atoms with van der Waals surface area (Å²) in [7, 11) is -3.86. The molecule has 26 heavy (non-hydrogen) atoms. The Labute approximate surface area is 151 Å². The number of primary sulfonamides is 1. The number of nitrogens with one attached hydrogen (secondary N) is 1. The molecule has 0 fully saturated rings. The Hall–Kier alpha value is -2.97. The molecule has 0 aliphatic carbocycles. The molecule has 134 valence electrons. The quantitative estimate of drug-likeness (QED) is 0.713. The van der Waals surface area contributed by atoms with E-state index in [2.05, 4.69) is 10.4 Å². The summed E-state index contributed by atoms with van der Waals surface area (Å²) < 4.78 is 24.7. The molecule has 0 unspecified atom stereocenters. The van der Waals surface area contributed by atoms with Crippen molar-refractivity contribution in [2.45, 2.75) is 18.4 Å². The summed E-state index contributed by atoms with van der Waals surface area (Å²) in [4.78, 5) is 12.4. The van der Waals surface area contributed by atoms with E-state index in [-0.39, 0.29) is 16.4 Å². The lowest BCUT2D eigenvalue weighted by Gasteiger charge is -2.10.